The summed E-state index contributed by atoms with van der Waals surface area (Å²) in [5, 5.41) is 2.57. The number of fused-ring (bicyclic) bond motifs is 6. The average Bonchev–Trinajstić information content (AvgIpc) is 3.54. The molecule has 186 valence electrons. The zero-order valence-corrected chi connectivity index (χ0v) is 21.8. The number of benzene rings is 5. The highest BCUT2D eigenvalue weighted by molar-refractivity contribution is 6.09. The quantitative estimate of drug-likeness (QED) is 0.256. The highest BCUT2D eigenvalue weighted by atomic mass is 15.2. The third-order valence-corrected chi connectivity index (χ3v) is 8.45. The van der Waals surface area contributed by atoms with Gasteiger partial charge in [0, 0.05) is 39.1 Å². The monoisotopic (exact) mass is 500 g/mol. The molecule has 8 rings (SSSR count). The Morgan fingerprint density at radius 3 is 2.18 bits per heavy atom. The van der Waals surface area contributed by atoms with E-state index < -0.39 is 0 Å². The maximum atomic E-state index is 3.60. The second-order valence-corrected chi connectivity index (χ2v) is 10.7. The molecule has 0 spiro atoms. The van der Waals surface area contributed by atoms with Crippen LogP contribution in [0.5, 0.6) is 0 Å². The third-order valence-electron chi connectivity index (χ3n) is 8.45. The molecule has 0 radical (unpaired) electrons. The van der Waals surface area contributed by atoms with Gasteiger partial charge in [-0.25, -0.2) is 0 Å². The zero-order valence-electron chi connectivity index (χ0n) is 21.8. The summed E-state index contributed by atoms with van der Waals surface area (Å²) in [5.41, 5.74) is 12.6. The van der Waals surface area contributed by atoms with Gasteiger partial charge in [0.05, 0.1) is 6.04 Å². The van der Waals surface area contributed by atoms with Crippen LogP contribution in [0.15, 0.2) is 133 Å². The molecule has 2 nitrogen and oxygen atoms in total. The molecular formula is C37H28N2. The van der Waals surface area contributed by atoms with Crippen molar-refractivity contribution >= 4 is 33.2 Å². The lowest BCUT2D eigenvalue weighted by molar-refractivity contribution is 0.745. The number of allylic oxidation sites excluding steroid dienone is 2. The SMILES string of the molecule is Cc1cc(-c2ccc(-c3ccc4c(c3)C3C=CC=CC3N4c3ccccc3)cc2)cc2c1[nH]c1ccccc12. The van der Waals surface area contributed by atoms with Gasteiger partial charge in [-0.15, -0.1) is 0 Å². The average molecular weight is 501 g/mol. The molecule has 2 atom stereocenters. The van der Waals surface area contributed by atoms with Crippen LogP contribution in [0.3, 0.4) is 0 Å². The van der Waals surface area contributed by atoms with Gasteiger partial charge in [0.1, 0.15) is 0 Å². The lowest BCUT2D eigenvalue weighted by atomic mass is 9.89. The van der Waals surface area contributed by atoms with Gasteiger partial charge < -0.3 is 9.88 Å². The van der Waals surface area contributed by atoms with Gasteiger partial charge in [-0.05, 0) is 82.8 Å². The number of anilines is 2. The van der Waals surface area contributed by atoms with Crippen LogP contribution >= 0.6 is 0 Å². The highest BCUT2D eigenvalue weighted by Gasteiger charge is 2.37. The lowest BCUT2D eigenvalue weighted by Gasteiger charge is -2.28. The van der Waals surface area contributed by atoms with Crippen LogP contribution in [-0.4, -0.2) is 11.0 Å². The topological polar surface area (TPSA) is 19.0 Å². The van der Waals surface area contributed by atoms with Crippen molar-refractivity contribution in [1.82, 2.24) is 4.98 Å². The molecule has 1 aliphatic carbocycles. The molecule has 0 saturated heterocycles. The summed E-state index contributed by atoms with van der Waals surface area (Å²) in [6.45, 7) is 2.20. The van der Waals surface area contributed by atoms with E-state index in [1.54, 1.807) is 0 Å². The Morgan fingerprint density at radius 2 is 1.33 bits per heavy atom. The Hall–Kier alpha value is -4.82. The van der Waals surface area contributed by atoms with E-state index in [1.807, 2.05) is 0 Å². The smallest absolute Gasteiger partial charge is 0.0629 e. The molecule has 5 aromatic carbocycles. The minimum absolute atomic E-state index is 0.313. The van der Waals surface area contributed by atoms with Gasteiger partial charge in [-0.3, -0.25) is 0 Å². The van der Waals surface area contributed by atoms with Crippen LogP contribution < -0.4 is 4.90 Å². The van der Waals surface area contributed by atoms with Crippen molar-refractivity contribution in [3.63, 3.8) is 0 Å². The maximum Gasteiger partial charge on any atom is 0.0629 e. The molecule has 39 heavy (non-hydrogen) atoms. The van der Waals surface area contributed by atoms with E-state index in [9.17, 15) is 0 Å². The van der Waals surface area contributed by atoms with Crippen LogP contribution in [0.4, 0.5) is 11.4 Å². The first-order valence-electron chi connectivity index (χ1n) is 13.7. The van der Waals surface area contributed by atoms with Crippen molar-refractivity contribution in [1.29, 1.82) is 0 Å². The molecular weight excluding hydrogens is 472 g/mol. The van der Waals surface area contributed by atoms with E-state index in [1.165, 1.54) is 66.6 Å². The molecule has 1 aliphatic heterocycles. The molecule has 2 unspecified atom stereocenters. The standard InChI is InChI=1S/C37H28N2/c1-24-21-28(23-33-30-11-5-7-13-34(30)38-37(24)33)26-17-15-25(16-18-26)27-19-20-36-32(22-27)31-12-6-8-14-35(31)39(36)29-9-3-2-4-10-29/h2-23,31,35,38H,1H3. The molecule has 0 fully saturated rings. The number of aromatic nitrogens is 1. The first-order valence-corrected chi connectivity index (χ1v) is 13.7. The fourth-order valence-electron chi connectivity index (χ4n) is 6.56. The Bertz CT molecular complexity index is 1920. The van der Waals surface area contributed by atoms with Crippen molar-refractivity contribution in [2.75, 3.05) is 4.90 Å². The summed E-state index contributed by atoms with van der Waals surface area (Å²) >= 11 is 0. The van der Waals surface area contributed by atoms with E-state index in [0.29, 0.717) is 12.0 Å². The predicted octanol–water partition coefficient (Wildman–Crippen LogP) is 9.69. The molecule has 2 aliphatic rings. The second-order valence-electron chi connectivity index (χ2n) is 10.7. The molecule has 2 heteroatoms. The van der Waals surface area contributed by atoms with Gasteiger partial charge in [0.25, 0.3) is 0 Å². The first-order chi connectivity index (χ1) is 19.2. The van der Waals surface area contributed by atoms with Crippen LogP contribution in [0.2, 0.25) is 0 Å². The van der Waals surface area contributed by atoms with Crippen molar-refractivity contribution in [3.8, 4) is 22.3 Å². The Morgan fingerprint density at radius 1 is 0.615 bits per heavy atom. The fourth-order valence-corrected chi connectivity index (χ4v) is 6.56. The minimum atomic E-state index is 0.313. The number of H-pyrrole nitrogens is 1. The van der Waals surface area contributed by atoms with Gasteiger partial charge >= 0.3 is 0 Å². The molecule has 0 saturated carbocycles. The number of para-hydroxylation sites is 2. The number of rotatable bonds is 3. The zero-order chi connectivity index (χ0) is 25.9. The second kappa shape index (κ2) is 8.61. The maximum absolute atomic E-state index is 3.60. The van der Waals surface area contributed by atoms with Gasteiger partial charge in [0.2, 0.25) is 0 Å². The number of hydrogen-bond donors (Lipinski definition) is 1. The van der Waals surface area contributed by atoms with E-state index in [2.05, 4.69) is 150 Å². The van der Waals surface area contributed by atoms with Crippen molar-refractivity contribution < 1.29 is 0 Å². The number of aryl methyl sites for hydroxylation is 1. The van der Waals surface area contributed by atoms with Gasteiger partial charge in [-0.1, -0.05) is 91.0 Å². The lowest BCUT2D eigenvalue weighted by Crippen LogP contribution is -2.28. The van der Waals surface area contributed by atoms with Crippen LogP contribution in [-0.2, 0) is 0 Å². The normalized spacial score (nSPS) is 17.6. The van der Waals surface area contributed by atoms with E-state index in [4.69, 9.17) is 0 Å². The highest BCUT2D eigenvalue weighted by Crippen LogP contribution is 2.48. The Balaban J connectivity index is 1.17. The summed E-state index contributed by atoms with van der Waals surface area (Å²) in [6, 6.07) is 40.3. The third kappa shape index (κ3) is 3.49. The van der Waals surface area contributed by atoms with Crippen molar-refractivity contribution in [3.05, 3.63) is 145 Å². The van der Waals surface area contributed by atoms with Crippen molar-refractivity contribution in [2.24, 2.45) is 0 Å². The summed E-state index contributed by atoms with van der Waals surface area (Å²) in [6.07, 6.45) is 9.05. The van der Waals surface area contributed by atoms with Gasteiger partial charge in [0.15, 0.2) is 0 Å². The molecule has 0 bridgehead atoms. The van der Waals surface area contributed by atoms with Gasteiger partial charge in [-0.2, -0.15) is 0 Å². The van der Waals surface area contributed by atoms with Crippen LogP contribution in [0.1, 0.15) is 17.0 Å². The molecule has 2 heterocycles. The summed E-state index contributed by atoms with van der Waals surface area (Å²) in [7, 11) is 0. The number of aromatic amines is 1. The van der Waals surface area contributed by atoms with Crippen LogP contribution in [0.25, 0.3) is 44.1 Å². The van der Waals surface area contributed by atoms with E-state index >= 15 is 0 Å². The van der Waals surface area contributed by atoms with E-state index in [-0.39, 0.29) is 0 Å². The molecule has 0 amide bonds. The fraction of sp³-hybridized carbons (Fsp3) is 0.0811. The van der Waals surface area contributed by atoms with Crippen molar-refractivity contribution in [2.45, 2.75) is 18.9 Å². The number of nitrogens with one attached hydrogen (secondary N) is 1. The minimum Gasteiger partial charge on any atom is -0.354 e. The number of nitrogens with zero attached hydrogens (tertiary/aromatic N) is 1. The predicted molar refractivity (Wildman–Crippen MR) is 165 cm³/mol. The molecule has 1 aromatic heterocycles. The van der Waals surface area contributed by atoms with E-state index in [0.717, 1.165) is 0 Å². The number of hydrogen-bond acceptors (Lipinski definition) is 1. The molecule has 1 N–H and O–H groups in total. The Kier molecular flexibility index (Phi) is 4.90. The first kappa shape index (κ1) is 22.2. The molecule has 6 aromatic rings. The largest absolute Gasteiger partial charge is 0.354 e. The van der Waals surface area contributed by atoms with Crippen LogP contribution in [0, 0.1) is 6.92 Å². The summed E-state index contributed by atoms with van der Waals surface area (Å²) in [5.74, 6) is 0.357. The summed E-state index contributed by atoms with van der Waals surface area (Å²) < 4.78 is 0. The Labute approximate surface area is 228 Å². The summed E-state index contributed by atoms with van der Waals surface area (Å²) in [4.78, 5) is 6.08.